The van der Waals surface area contributed by atoms with Gasteiger partial charge < -0.3 is 14.2 Å². The van der Waals surface area contributed by atoms with Gasteiger partial charge in [0.25, 0.3) is 0 Å². The number of allylic oxidation sites excluding steroid dienone is 6. The number of carbonyl (C=O) groups excluding carboxylic acids is 3. The first-order valence-corrected chi connectivity index (χ1v) is 28.0. The molecule has 0 spiro atoms. The number of rotatable bonds is 51. The topological polar surface area (TPSA) is 78.9 Å². The van der Waals surface area contributed by atoms with Crippen LogP contribution in [-0.4, -0.2) is 37.2 Å². The molecule has 0 saturated heterocycles. The van der Waals surface area contributed by atoms with E-state index in [1.54, 1.807) is 0 Å². The molecular weight excluding hydrogens is 793 g/mol. The van der Waals surface area contributed by atoms with E-state index in [2.05, 4.69) is 57.2 Å². The van der Waals surface area contributed by atoms with Crippen LogP contribution < -0.4 is 0 Å². The van der Waals surface area contributed by atoms with Crippen LogP contribution in [0.25, 0.3) is 0 Å². The summed E-state index contributed by atoms with van der Waals surface area (Å²) in [5.41, 5.74) is 0. The van der Waals surface area contributed by atoms with Crippen LogP contribution in [0, 0.1) is 0 Å². The highest BCUT2D eigenvalue weighted by molar-refractivity contribution is 5.71. The van der Waals surface area contributed by atoms with Crippen molar-refractivity contribution >= 4 is 17.9 Å². The minimum atomic E-state index is -0.776. The van der Waals surface area contributed by atoms with Crippen molar-refractivity contribution in [1.82, 2.24) is 0 Å². The van der Waals surface area contributed by atoms with Gasteiger partial charge in [-0.15, -0.1) is 0 Å². The molecule has 0 aromatic carbocycles. The van der Waals surface area contributed by atoms with Gasteiger partial charge in [-0.3, -0.25) is 14.4 Å². The zero-order valence-corrected chi connectivity index (χ0v) is 42.8. The van der Waals surface area contributed by atoms with Gasteiger partial charge in [-0.05, 0) is 70.6 Å². The van der Waals surface area contributed by atoms with Gasteiger partial charge in [0.15, 0.2) is 6.10 Å². The first kappa shape index (κ1) is 61.6. The fraction of sp³-hybridized carbons (Fsp3) is 0.845. The average molecular weight is 899 g/mol. The van der Waals surface area contributed by atoms with Crippen molar-refractivity contribution in [2.24, 2.45) is 0 Å². The number of unbranched alkanes of at least 4 members (excludes halogenated alkanes) is 34. The summed E-state index contributed by atoms with van der Waals surface area (Å²) in [5.74, 6) is -0.879. The van der Waals surface area contributed by atoms with Crippen LogP contribution in [0.4, 0.5) is 0 Å². The maximum Gasteiger partial charge on any atom is 0.306 e. The Hall–Kier alpha value is -2.37. The van der Waals surface area contributed by atoms with Crippen LogP contribution in [0.2, 0.25) is 0 Å². The Morgan fingerprint density at radius 1 is 0.312 bits per heavy atom. The SMILES string of the molecule is CCCC/C=C\C/C=C\CCCCCCCC(=O)OC[C@H](COC(=O)CCCCCCCCC/C=C\CCCCCCCC)OC(=O)CCCCCCCCCCCCCCCCC. The summed E-state index contributed by atoms with van der Waals surface area (Å²) in [6.07, 6.45) is 62.7. The van der Waals surface area contributed by atoms with Crippen LogP contribution in [-0.2, 0) is 28.6 Å². The van der Waals surface area contributed by atoms with E-state index in [1.807, 2.05) is 0 Å². The van der Waals surface area contributed by atoms with Gasteiger partial charge in [0.05, 0.1) is 0 Å². The van der Waals surface area contributed by atoms with Gasteiger partial charge in [-0.1, -0.05) is 243 Å². The normalized spacial score (nSPS) is 12.2. The number of carbonyl (C=O) groups is 3. The molecule has 0 aliphatic heterocycles. The standard InChI is InChI=1S/C58H106O6/c1-4-7-10-13-16-19-22-25-28-29-31-33-36-39-42-45-48-51-57(60)63-54-55(53-62-56(59)50-47-44-41-38-35-32-27-24-21-18-15-12-9-6-3)64-58(61)52-49-46-43-40-37-34-30-26-23-20-17-14-11-8-5-2/h15,18,24-25,27-28,55H,4-14,16-17,19-23,26,29-54H2,1-3H3/b18-15-,27-24-,28-25-/t55-/m1/s1. The Kier molecular flexibility index (Phi) is 51.3. The Labute approximate surface area is 397 Å². The largest absolute Gasteiger partial charge is 0.462 e. The second-order valence-electron chi connectivity index (χ2n) is 18.8. The summed E-state index contributed by atoms with van der Waals surface area (Å²) in [6, 6.07) is 0. The number of ether oxygens (including phenoxy) is 3. The zero-order chi connectivity index (χ0) is 46.5. The summed E-state index contributed by atoms with van der Waals surface area (Å²) in [4.78, 5) is 38.1. The molecule has 6 nitrogen and oxygen atoms in total. The molecule has 0 bridgehead atoms. The number of esters is 3. The monoisotopic (exact) mass is 899 g/mol. The van der Waals surface area contributed by atoms with E-state index in [-0.39, 0.29) is 31.1 Å². The molecule has 0 aliphatic rings. The van der Waals surface area contributed by atoms with E-state index in [1.165, 1.54) is 180 Å². The maximum absolute atomic E-state index is 12.8. The zero-order valence-electron chi connectivity index (χ0n) is 42.8. The molecule has 64 heavy (non-hydrogen) atoms. The third kappa shape index (κ3) is 50.6. The molecule has 1 atom stereocenters. The Bertz CT molecular complexity index is 1080. The van der Waals surface area contributed by atoms with E-state index < -0.39 is 6.10 Å². The molecule has 0 saturated carbocycles. The average Bonchev–Trinajstić information content (AvgIpc) is 3.29. The lowest BCUT2D eigenvalue weighted by Gasteiger charge is -2.18. The Morgan fingerprint density at radius 3 is 0.922 bits per heavy atom. The molecule has 374 valence electrons. The quantitative estimate of drug-likeness (QED) is 0.0262. The van der Waals surface area contributed by atoms with Gasteiger partial charge in [0.1, 0.15) is 13.2 Å². The van der Waals surface area contributed by atoms with Crippen molar-refractivity contribution in [2.45, 2.75) is 303 Å². The van der Waals surface area contributed by atoms with Crippen molar-refractivity contribution in [3.8, 4) is 0 Å². The molecule has 0 aliphatic carbocycles. The lowest BCUT2D eigenvalue weighted by Crippen LogP contribution is -2.30. The molecule has 0 heterocycles. The molecule has 0 amide bonds. The van der Waals surface area contributed by atoms with Gasteiger partial charge in [0, 0.05) is 19.3 Å². The molecule has 0 N–H and O–H groups in total. The summed E-state index contributed by atoms with van der Waals surface area (Å²) >= 11 is 0. The second-order valence-corrected chi connectivity index (χ2v) is 18.8. The van der Waals surface area contributed by atoms with Crippen molar-refractivity contribution in [1.29, 1.82) is 0 Å². The lowest BCUT2D eigenvalue weighted by molar-refractivity contribution is -0.167. The van der Waals surface area contributed by atoms with Gasteiger partial charge >= 0.3 is 17.9 Å². The second kappa shape index (κ2) is 53.2. The molecule has 0 rings (SSSR count). The number of hydrogen-bond donors (Lipinski definition) is 0. The van der Waals surface area contributed by atoms with Gasteiger partial charge in [-0.25, -0.2) is 0 Å². The van der Waals surface area contributed by atoms with Gasteiger partial charge in [0.2, 0.25) is 0 Å². The highest BCUT2D eigenvalue weighted by Crippen LogP contribution is 2.16. The van der Waals surface area contributed by atoms with Crippen LogP contribution in [0.5, 0.6) is 0 Å². The molecule has 6 heteroatoms. The third-order valence-corrected chi connectivity index (χ3v) is 12.4. The van der Waals surface area contributed by atoms with E-state index in [9.17, 15) is 14.4 Å². The van der Waals surface area contributed by atoms with E-state index >= 15 is 0 Å². The summed E-state index contributed by atoms with van der Waals surface area (Å²) in [7, 11) is 0. The third-order valence-electron chi connectivity index (χ3n) is 12.4. The van der Waals surface area contributed by atoms with E-state index in [0.29, 0.717) is 19.3 Å². The van der Waals surface area contributed by atoms with E-state index in [0.717, 1.165) is 77.0 Å². The molecule has 0 aromatic heterocycles. The van der Waals surface area contributed by atoms with Crippen molar-refractivity contribution < 1.29 is 28.6 Å². The van der Waals surface area contributed by atoms with Crippen LogP contribution in [0.15, 0.2) is 36.5 Å². The van der Waals surface area contributed by atoms with Crippen LogP contribution in [0.1, 0.15) is 297 Å². The minimum Gasteiger partial charge on any atom is -0.462 e. The first-order valence-electron chi connectivity index (χ1n) is 28.0. The fourth-order valence-electron chi connectivity index (χ4n) is 8.10. The molecule has 0 radical (unpaired) electrons. The van der Waals surface area contributed by atoms with E-state index in [4.69, 9.17) is 14.2 Å². The predicted octanol–water partition coefficient (Wildman–Crippen LogP) is 18.5. The summed E-state index contributed by atoms with van der Waals surface area (Å²) < 4.78 is 16.8. The highest BCUT2D eigenvalue weighted by atomic mass is 16.6. The van der Waals surface area contributed by atoms with Crippen molar-refractivity contribution in [2.75, 3.05) is 13.2 Å². The van der Waals surface area contributed by atoms with Crippen LogP contribution in [0.3, 0.4) is 0 Å². The first-order chi connectivity index (χ1) is 31.5. The fourth-order valence-corrected chi connectivity index (χ4v) is 8.10. The number of hydrogen-bond acceptors (Lipinski definition) is 6. The Morgan fingerprint density at radius 2 is 0.578 bits per heavy atom. The molecular formula is C58H106O6. The van der Waals surface area contributed by atoms with Gasteiger partial charge in [-0.2, -0.15) is 0 Å². The minimum absolute atomic E-state index is 0.0757. The smallest absolute Gasteiger partial charge is 0.306 e. The predicted molar refractivity (Wildman–Crippen MR) is 275 cm³/mol. The summed E-state index contributed by atoms with van der Waals surface area (Å²) in [5, 5.41) is 0. The molecule has 0 unspecified atom stereocenters. The molecule has 0 fully saturated rings. The molecule has 0 aromatic rings. The van der Waals surface area contributed by atoms with Crippen molar-refractivity contribution in [3.05, 3.63) is 36.5 Å². The maximum atomic E-state index is 12.8. The summed E-state index contributed by atoms with van der Waals surface area (Å²) in [6.45, 7) is 6.61. The lowest BCUT2D eigenvalue weighted by atomic mass is 10.0. The highest BCUT2D eigenvalue weighted by Gasteiger charge is 2.19. The van der Waals surface area contributed by atoms with Crippen LogP contribution >= 0.6 is 0 Å². The Balaban J connectivity index is 4.36. The van der Waals surface area contributed by atoms with Crippen molar-refractivity contribution in [3.63, 3.8) is 0 Å².